The summed E-state index contributed by atoms with van der Waals surface area (Å²) in [6.07, 6.45) is 1.03. The van der Waals surface area contributed by atoms with E-state index in [9.17, 15) is 0 Å². The van der Waals surface area contributed by atoms with Crippen molar-refractivity contribution in [3.63, 3.8) is 0 Å². The molecule has 0 N–H and O–H groups in total. The van der Waals surface area contributed by atoms with Gasteiger partial charge >= 0.3 is 0 Å². The van der Waals surface area contributed by atoms with Gasteiger partial charge in [0.2, 0.25) is 11.7 Å². The van der Waals surface area contributed by atoms with Crippen molar-refractivity contribution in [2.75, 3.05) is 20.8 Å². The molecule has 2 aromatic carbocycles. The van der Waals surface area contributed by atoms with E-state index in [0.29, 0.717) is 29.8 Å². The molecule has 0 bridgehead atoms. The van der Waals surface area contributed by atoms with Crippen molar-refractivity contribution in [3.05, 3.63) is 81.9 Å². The molecule has 0 amide bonds. The van der Waals surface area contributed by atoms with Crippen LogP contribution in [0.25, 0.3) is 11.4 Å². The lowest BCUT2D eigenvalue weighted by Crippen LogP contribution is -2.35. The lowest BCUT2D eigenvalue weighted by molar-refractivity contribution is 0.179. The average molecular weight is 434 g/mol. The van der Waals surface area contributed by atoms with Crippen molar-refractivity contribution in [3.8, 4) is 22.9 Å². The predicted octanol–water partition coefficient (Wildman–Crippen LogP) is 4.96. The summed E-state index contributed by atoms with van der Waals surface area (Å²) in [5, 5.41) is 6.39. The first kappa shape index (κ1) is 19.8. The van der Waals surface area contributed by atoms with Crippen LogP contribution in [0.5, 0.6) is 11.5 Å². The Morgan fingerprint density at radius 3 is 2.71 bits per heavy atom. The molecule has 0 spiro atoms. The molecule has 7 heteroatoms. The van der Waals surface area contributed by atoms with E-state index in [1.165, 1.54) is 16.0 Å². The van der Waals surface area contributed by atoms with Crippen LogP contribution >= 0.6 is 11.3 Å². The molecule has 0 fully saturated rings. The molecule has 1 unspecified atom stereocenters. The summed E-state index contributed by atoms with van der Waals surface area (Å²) in [4.78, 5) is 8.54. The van der Waals surface area contributed by atoms with Gasteiger partial charge in [-0.1, -0.05) is 35.5 Å². The topological polar surface area (TPSA) is 60.6 Å². The SMILES string of the molecule is COc1ccc(-c2noc(CN3CCc4sccc4C3c3ccccc3)n2)cc1OC. The molecule has 1 aliphatic heterocycles. The van der Waals surface area contributed by atoms with E-state index in [1.54, 1.807) is 14.2 Å². The van der Waals surface area contributed by atoms with Crippen molar-refractivity contribution in [1.82, 2.24) is 15.0 Å². The third-order valence-corrected chi connectivity index (χ3v) is 6.63. The fraction of sp³-hybridized carbons (Fsp3) is 0.250. The van der Waals surface area contributed by atoms with Gasteiger partial charge in [0.1, 0.15) is 0 Å². The molecule has 158 valence electrons. The van der Waals surface area contributed by atoms with Gasteiger partial charge < -0.3 is 14.0 Å². The van der Waals surface area contributed by atoms with Crippen LogP contribution in [0, 0.1) is 0 Å². The van der Waals surface area contributed by atoms with Gasteiger partial charge in [-0.3, -0.25) is 4.90 Å². The summed E-state index contributed by atoms with van der Waals surface area (Å²) in [6.45, 7) is 1.54. The molecule has 0 saturated heterocycles. The number of nitrogens with zero attached hydrogens (tertiary/aromatic N) is 3. The fourth-order valence-corrected chi connectivity index (χ4v) is 5.05. The second-order valence-corrected chi connectivity index (χ2v) is 8.41. The highest BCUT2D eigenvalue weighted by Crippen LogP contribution is 2.38. The van der Waals surface area contributed by atoms with Gasteiger partial charge in [-0.15, -0.1) is 11.3 Å². The Balaban J connectivity index is 1.42. The summed E-state index contributed by atoms with van der Waals surface area (Å²) in [6, 6.07) is 18.7. The summed E-state index contributed by atoms with van der Waals surface area (Å²) in [5.41, 5.74) is 3.48. The van der Waals surface area contributed by atoms with Crippen molar-refractivity contribution < 1.29 is 14.0 Å². The van der Waals surface area contributed by atoms with Crippen LogP contribution in [0.2, 0.25) is 0 Å². The summed E-state index contributed by atoms with van der Waals surface area (Å²) in [5.74, 6) is 2.45. The maximum Gasteiger partial charge on any atom is 0.241 e. The molecular weight excluding hydrogens is 410 g/mol. The number of ether oxygens (including phenoxy) is 2. The van der Waals surface area contributed by atoms with Crippen molar-refractivity contribution in [2.24, 2.45) is 0 Å². The largest absolute Gasteiger partial charge is 0.493 e. The molecule has 0 saturated carbocycles. The van der Waals surface area contributed by atoms with Crippen LogP contribution in [0.1, 0.15) is 27.9 Å². The Labute approximate surface area is 185 Å². The first-order valence-corrected chi connectivity index (χ1v) is 11.0. The van der Waals surface area contributed by atoms with Gasteiger partial charge in [-0.05, 0) is 47.2 Å². The van der Waals surface area contributed by atoms with Crippen molar-refractivity contribution >= 4 is 11.3 Å². The molecule has 4 aromatic rings. The zero-order chi connectivity index (χ0) is 21.2. The third-order valence-electron chi connectivity index (χ3n) is 5.63. The first-order chi connectivity index (χ1) is 15.3. The van der Waals surface area contributed by atoms with Crippen LogP contribution < -0.4 is 9.47 Å². The van der Waals surface area contributed by atoms with E-state index in [4.69, 9.17) is 14.0 Å². The summed E-state index contributed by atoms with van der Waals surface area (Å²) in [7, 11) is 3.23. The van der Waals surface area contributed by atoms with Crippen LogP contribution in [-0.2, 0) is 13.0 Å². The number of hydrogen-bond donors (Lipinski definition) is 0. The first-order valence-electron chi connectivity index (χ1n) is 10.2. The zero-order valence-corrected chi connectivity index (χ0v) is 18.3. The standard InChI is InChI=1S/C24H23N3O3S/c1-28-19-9-8-17(14-20(19)29-2)24-25-22(30-26-24)15-27-12-10-21-18(11-13-31-21)23(27)16-6-4-3-5-7-16/h3-9,11,13-14,23H,10,12,15H2,1-2H3. The molecule has 6 nitrogen and oxygen atoms in total. The van der Waals surface area contributed by atoms with Crippen LogP contribution in [0.3, 0.4) is 0 Å². The summed E-state index contributed by atoms with van der Waals surface area (Å²) >= 11 is 1.84. The number of thiophene rings is 1. The molecule has 31 heavy (non-hydrogen) atoms. The smallest absolute Gasteiger partial charge is 0.241 e. The van der Waals surface area contributed by atoms with E-state index in [2.05, 4.69) is 56.8 Å². The number of rotatable bonds is 6. The van der Waals surface area contributed by atoms with Gasteiger partial charge in [0.15, 0.2) is 11.5 Å². The van der Waals surface area contributed by atoms with Crippen LogP contribution in [0.4, 0.5) is 0 Å². The molecule has 5 rings (SSSR count). The Morgan fingerprint density at radius 2 is 1.90 bits per heavy atom. The molecule has 1 atom stereocenters. The maximum absolute atomic E-state index is 5.63. The number of methoxy groups -OCH3 is 2. The van der Waals surface area contributed by atoms with E-state index in [0.717, 1.165) is 18.5 Å². The minimum atomic E-state index is 0.188. The molecule has 3 heterocycles. The van der Waals surface area contributed by atoms with Crippen molar-refractivity contribution in [2.45, 2.75) is 19.0 Å². The van der Waals surface area contributed by atoms with Crippen LogP contribution in [0.15, 0.2) is 64.5 Å². The predicted molar refractivity (Wildman–Crippen MR) is 120 cm³/mol. The zero-order valence-electron chi connectivity index (χ0n) is 17.4. The lowest BCUT2D eigenvalue weighted by Gasteiger charge is -2.35. The van der Waals surface area contributed by atoms with Gasteiger partial charge in [0.25, 0.3) is 0 Å². The Hall–Kier alpha value is -3.16. The molecule has 0 aliphatic carbocycles. The van der Waals surface area contributed by atoms with Gasteiger partial charge in [-0.2, -0.15) is 4.98 Å². The second kappa shape index (κ2) is 8.53. The van der Waals surface area contributed by atoms with Gasteiger partial charge in [0, 0.05) is 17.0 Å². The van der Waals surface area contributed by atoms with E-state index < -0.39 is 0 Å². The Bertz CT molecular complexity index is 1170. The normalized spacial score (nSPS) is 16.1. The monoisotopic (exact) mass is 433 g/mol. The Kier molecular flexibility index (Phi) is 5.44. The third kappa shape index (κ3) is 3.82. The molecule has 1 aliphatic rings. The maximum atomic E-state index is 5.63. The van der Waals surface area contributed by atoms with E-state index in [-0.39, 0.29) is 6.04 Å². The van der Waals surface area contributed by atoms with Gasteiger partial charge in [0.05, 0.1) is 26.8 Å². The minimum Gasteiger partial charge on any atom is -0.493 e. The highest BCUT2D eigenvalue weighted by atomic mass is 32.1. The summed E-state index contributed by atoms with van der Waals surface area (Å²) < 4.78 is 16.3. The minimum absolute atomic E-state index is 0.188. The van der Waals surface area contributed by atoms with Crippen molar-refractivity contribution in [1.29, 1.82) is 0 Å². The number of benzene rings is 2. The number of aromatic nitrogens is 2. The van der Waals surface area contributed by atoms with E-state index >= 15 is 0 Å². The average Bonchev–Trinajstić information content (AvgIpc) is 3.49. The Morgan fingerprint density at radius 1 is 1.06 bits per heavy atom. The van der Waals surface area contributed by atoms with Gasteiger partial charge in [-0.25, -0.2) is 0 Å². The number of hydrogen-bond acceptors (Lipinski definition) is 7. The highest BCUT2D eigenvalue weighted by molar-refractivity contribution is 7.10. The lowest BCUT2D eigenvalue weighted by atomic mass is 9.93. The highest BCUT2D eigenvalue weighted by Gasteiger charge is 2.30. The quantitative estimate of drug-likeness (QED) is 0.428. The number of fused-ring (bicyclic) bond motifs is 1. The molecule has 0 radical (unpaired) electrons. The van der Waals surface area contributed by atoms with E-state index in [1.807, 2.05) is 29.5 Å². The molecular formula is C24H23N3O3S. The second-order valence-electron chi connectivity index (χ2n) is 7.41. The fourth-order valence-electron chi connectivity index (χ4n) is 4.15. The molecule has 2 aromatic heterocycles. The van der Waals surface area contributed by atoms with Crippen LogP contribution in [-0.4, -0.2) is 35.8 Å².